The van der Waals surface area contributed by atoms with Crippen LogP contribution in [0.3, 0.4) is 0 Å². The highest BCUT2D eigenvalue weighted by atomic mass is 16.2. The number of carbonyl (C=O) groups excluding carboxylic acids is 2. The molecule has 0 aliphatic carbocycles. The van der Waals surface area contributed by atoms with Crippen LogP contribution in [0, 0.1) is 0 Å². The molecule has 3 aromatic rings. The van der Waals surface area contributed by atoms with Gasteiger partial charge in [0.15, 0.2) is 6.54 Å². The lowest BCUT2D eigenvalue weighted by Crippen LogP contribution is -3.08. The van der Waals surface area contributed by atoms with Crippen LogP contribution in [0.25, 0.3) is 0 Å². The second-order valence-electron chi connectivity index (χ2n) is 7.22. The maximum atomic E-state index is 12.4. The summed E-state index contributed by atoms with van der Waals surface area (Å²) < 4.78 is 0. The molecular weight excluding hydrogens is 390 g/mol. The van der Waals surface area contributed by atoms with Gasteiger partial charge in [0, 0.05) is 23.9 Å². The Bertz CT molecular complexity index is 1030. The van der Waals surface area contributed by atoms with Crippen molar-refractivity contribution in [2.24, 2.45) is 10.2 Å². The largest absolute Gasteiger partial charge is 0.355 e. The number of carbonyl (C=O) groups is 2. The van der Waals surface area contributed by atoms with Crippen molar-refractivity contribution in [2.75, 3.05) is 26.0 Å². The lowest BCUT2D eigenvalue weighted by Gasteiger charge is -2.14. The van der Waals surface area contributed by atoms with E-state index in [4.69, 9.17) is 0 Å². The first kappa shape index (κ1) is 21.9. The van der Waals surface area contributed by atoms with E-state index >= 15 is 0 Å². The summed E-state index contributed by atoms with van der Waals surface area (Å²) in [6.45, 7) is 1.01. The molecule has 31 heavy (non-hydrogen) atoms. The van der Waals surface area contributed by atoms with Gasteiger partial charge in [0.1, 0.15) is 6.54 Å². The van der Waals surface area contributed by atoms with E-state index in [-0.39, 0.29) is 11.8 Å². The average Bonchev–Trinajstić information content (AvgIpc) is 2.79. The predicted octanol–water partition coefficient (Wildman–Crippen LogP) is 3.12. The maximum absolute atomic E-state index is 12.4. The third-order valence-electron chi connectivity index (χ3n) is 4.60. The van der Waals surface area contributed by atoms with Crippen LogP contribution in [-0.4, -0.2) is 32.5 Å². The Morgan fingerprint density at radius 3 is 2.06 bits per heavy atom. The van der Waals surface area contributed by atoms with Crippen molar-refractivity contribution < 1.29 is 14.5 Å². The van der Waals surface area contributed by atoms with Crippen molar-refractivity contribution >= 4 is 28.9 Å². The van der Waals surface area contributed by atoms with E-state index in [1.54, 1.807) is 19.2 Å². The van der Waals surface area contributed by atoms with E-state index in [9.17, 15) is 9.59 Å². The van der Waals surface area contributed by atoms with Crippen LogP contribution in [0.5, 0.6) is 0 Å². The van der Waals surface area contributed by atoms with E-state index in [0.717, 1.165) is 16.2 Å². The van der Waals surface area contributed by atoms with E-state index < -0.39 is 0 Å². The van der Waals surface area contributed by atoms with Gasteiger partial charge in [0.05, 0.1) is 18.4 Å². The molecule has 0 saturated heterocycles. The van der Waals surface area contributed by atoms with Gasteiger partial charge in [-0.1, -0.05) is 30.3 Å². The van der Waals surface area contributed by atoms with Gasteiger partial charge < -0.3 is 15.5 Å². The van der Waals surface area contributed by atoms with Crippen molar-refractivity contribution in [3.63, 3.8) is 0 Å². The van der Waals surface area contributed by atoms with Gasteiger partial charge in [0.2, 0.25) is 0 Å². The highest BCUT2D eigenvalue weighted by Crippen LogP contribution is 2.19. The van der Waals surface area contributed by atoms with Gasteiger partial charge >= 0.3 is 0 Å². The molecule has 0 aromatic heterocycles. The van der Waals surface area contributed by atoms with E-state index in [1.165, 1.54) is 0 Å². The molecule has 158 valence electrons. The predicted molar refractivity (Wildman–Crippen MR) is 121 cm³/mol. The topological polar surface area (TPSA) is 87.4 Å². The van der Waals surface area contributed by atoms with Gasteiger partial charge in [-0.15, -0.1) is 0 Å². The summed E-state index contributed by atoms with van der Waals surface area (Å²) in [4.78, 5) is 25.0. The smallest absolute Gasteiger partial charge is 0.279 e. The molecule has 0 fully saturated rings. The number of benzene rings is 3. The van der Waals surface area contributed by atoms with Gasteiger partial charge in [-0.3, -0.25) is 9.59 Å². The van der Waals surface area contributed by atoms with Gasteiger partial charge in [-0.25, -0.2) is 0 Å². The summed E-state index contributed by atoms with van der Waals surface area (Å²) in [5, 5.41) is 13.9. The number of hydrogen-bond acceptors (Lipinski definition) is 4. The van der Waals surface area contributed by atoms with Gasteiger partial charge in [-0.2, -0.15) is 10.2 Å². The molecule has 0 saturated carbocycles. The van der Waals surface area contributed by atoms with Crippen LogP contribution in [0.4, 0.5) is 17.1 Å². The summed E-state index contributed by atoms with van der Waals surface area (Å²) in [5.74, 6) is -0.183. The Morgan fingerprint density at radius 2 is 1.45 bits per heavy atom. The Labute approximate surface area is 181 Å². The monoisotopic (exact) mass is 416 g/mol. The molecule has 0 aliphatic rings. The molecular formula is C24H26N5O2+. The standard InChI is InChI=1S/C24H25N5O2/c1-25-24(31)19-10-8-18(9-11-19)16-29(2)17-23(30)26-20-12-14-22(15-13-20)28-27-21-6-4-3-5-7-21/h3-15H,16-17H2,1-2H3,(H,25,31)(H,26,30)/p+1. The molecule has 0 spiro atoms. The number of azo groups is 1. The quantitative estimate of drug-likeness (QED) is 0.493. The zero-order valence-corrected chi connectivity index (χ0v) is 17.6. The number of nitrogens with zero attached hydrogens (tertiary/aromatic N) is 2. The third kappa shape index (κ3) is 6.87. The summed E-state index contributed by atoms with van der Waals surface area (Å²) >= 11 is 0. The fourth-order valence-corrected chi connectivity index (χ4v) is 3.03. The summed E-state index contributed by atoms with van der Waals surface area (Å²) in [7, 11) is 3.56. The molecule has 0 bridgehead atoms. The van der Waals surface area contributed by atoms with Gasteiger partial charge in [0.25, 0.3) is 11.8 Å². The molecule has 7 heteroatoms. The van der Waals surface area contributed by atoms with Crippen LogP contribution in [-0.2, 0) is 11.3 Å². The number of hydrogen-bond donors (Lipinski definition) is 3. The minimum absolute atomic E-state index is 0.0712. The molecule has 0 radical (unpaired) electrons. The average molecular weight is 417 g/mol. The fourth-order valence-electron chi connectivity index (χ4n) is 3.03. The molecule has 1 unspecified atom stereocenters. The zero-order valence-electron chi connectivity index (χ0n) is 17.6. The van der Waals surface area contributed by atoms with Crippen LogP contribution in [0.15, 0.2) is 89.1 Å². The Hall–Kier alpha value is -3.84. The minimum Gasteiger partial charge on any atom is -0.355 e. The molecule has 3 rings (SSSR count). The normalized spacial score (nSPS) is 11.8. The van der Waals surface area contributed by atoms with Crippen molar-refractivity contribution in [1.82, 2.24) is 5.32 Å². The fraction of sp³-hybridized carbons (Fsp3) is 0.167. The highest BCUT2D eigenvalue weighted by Gasteiger charge is 2.11. The number of likely N-dealkylation sites (N-methyl/N-ethyl adjacent to an activating group) is 1. The number of quaternary nitrogens is 1. The first-order chi connectivity index (χ1) is 15.0. The summed E-state index contributed by atoms with van der Waals surface area (Å²) in [6, 6.07) is 24.2. The number of rotatable bonds is 8. The second kappa shape index (κ2) is 10.8. The molecule has 0 aliphatic heterocycles. The molecule has 3 N–H and O–H groups in total. The van der Waals surface area contributed by atoms with Crippen LogP contribution >= 0.6 is 0 Å². The van der Waals surface area contributed by atoms with Crippen molar-refractivity contribution in [3.8, 4) is 0 Å². The van der Waals surface area contributed by atoms with Crippen molar-refractivity contribution in [3.05, 3.63) is 90.0 Å². The second-order valence-corrected chi connectivity index (χ2v) is 7.22. The van der Waals surface area contributed by atoms with E-state index in [0.29, 0.717) is 30.0 Å². The SMILES string of the molecule is CNC(=O)c1ccc(C[NH+](C)CC(=O)Nc2ccc(N=Nc3ccccc3)cc2)cc1. The molecule has 7 nitrogen and oxygen atoms in total. The highest BCUT2D eigenvalue weighted by molar-refractivity contribution is 5.94. The van der Waals surface area contributed by atoms with Crippen LogP contribution in [0.2, 0.25) is 0 Å². The zero-order chi connectivity index (χ0) is 22.1. The summed E-state index contributed by atoms with van der Waals surface area (Å²) in [5.41, 5.74) is 3.89. The van der Waals surface area contributed by atoms with Crippen LogP contribution < -0.4 is 15.5 Å². The van der Waals surface area contributed by atoms with Gasteiger partial charge in [-0.05, 0) is 48.5 Å². The Morgan fingerprint density at radius 1 is 0.839 bits per heavy atom. The molecule has 2 amide bonds. The Balaban J connectivity index is 1.48. The number of amides is 2. The molecule has 1 atom stereocenters. The van der Waals surface area contributed by atoms with E-state index in [1.807, 2.05) is 73.8 Å². The summed E-state index contributed by atoms with van der Waals surface area (Å²) in [6.07, 6.45) is 0. The maximum Gasteiger partial charge on any atom is 0.279 e. The number of anilines is 1. The third-order valence-corrected chi connectivity index (χ3v) is 4.60. The minimum atomic E-state index is -0.112. The first-order valence-corrected chi connectivity index (χ1v) is 10.0. The van der Waals surface area contributed by atoms with Crippen molar-refractivity contribution in [2.45, 2.75) is 6.54 Å². The van der Waals surface area contributed by atoms with Crippen molar-refractivity contribution in [1.29, 1.82) is 0 Å². The molecule has 0 heterocycles. The molecule has 3 aromatic carbocycles. The lowest BCUT2D eigenvalue weighted by molar-refractivity contribution is -0.885. The Kier molecular flexibility index (Phi) is 7.61. The number of nitrogens with one attached hydrogen (secondary N) is 3. The first-order valence-electron chi connectivity index (χ1n) is 10.0. The van der Waals surface area contributed by atoms with E-state index in [2.05, 4.69) is 20.9 Å². The lowest BCUT2D eigenvalue weighted by atomic mass is 10.1. The van der Waals surface area contributed by atoms with Crippen LogP contribution in [0.1, 0.15) is 15.9 Å².